The standard InChI is InChI=1S/C14H19FSe/c1-2-3-4-5-6-7-11-16-14-10-8-9-13(15)12-14/h7-12H,2-6H2,1H3/b11-7+. The first-order chi connectivity index (χ1) is 7.83. The molecule has 1 aromatic carbocycles. The molecule has 88 valence electrons. The average Bonchev–Trinajstić information content (AvgIpc) is 2.28. The van der Waals surface area contributed by atoms with E-state index in [0.717, 1.165) is 10.9 Å². The fourth-order valence-corrected chi connectivity index (χ4v) is 2.95. The van der Waals surface area contributed by atoms with E-state index in [4.69, 9.17) is 0 Å². The molecule has 0 unspecified atom stereocenters. The third-order valence-corrected chi connectivity index (χ3v) is 4.11. The molecule has 0 aliphatic rings. The van der Waals surface area contributed by atoms with Crippen LogP contribution < -0.4 is 4.46 Å². The Morgan fingerprint density at radius 1 is 1.25 bits per heavy atom. The number of rotatable bonds is 7. The number of hydrogen-bond donors (Lipinski definition) is 0. The zero-order valence-corrected chi connectivity index (χ0v) is 11.5. The van der Waals surface area contributed by atoms with E-state index in [1.807, 2.05) is 6.07 Å². The van der Waals surface area contributed by atoms with Gasteiger partial charge < -0.3 is 0 Å². The van der Waals surface area contributed by atoms with E-state index in [2.05, 4.69) is 18.0 Å². The Bertz CT molecular complexity index is 320. The van der Waals surface area contributed by atoms with E-state index in [9.17, 15) is 4.39 Å². The van der Waals surface area contributed by atoms with Crippen molar-refractivity contribution in [1.29, 1.82) is 0 Å². The van der Waals surface area contributed by atoms with Crippen LogP contribution in [0.3, 0.4) is 0 Å². The number of hydrogen-bond acceptors (Lipinski definition) is 0. The molecular formula is C14H19FSe. The SMILES string of the molecule is CCCCCC/C=C/[Se]c1cccc(F)c1. The van der Waals surface area contributed by atoms with Crippen LogP contribution in [-0.4, -0.2) is 15.0 Å². The summed E-state index contributed by atoms with van der Waals surface area (Å²) >= 11 is 0.285. The van der Waals surface area contributed by atoms with Gasteiger partial charge in [0.05, 0.1) is 0 Å². The van der Waals surface area contributed by atoms with E-state index in [1.165, 1.54) is 31.7 Å². The first kappa shape index (κ1) is 13.5. The summed E-state index contributed by atoms with van der Waals surface area (Å²) in [5, 5.41) is 0. The molecule has 0 aliphatic heterocycles. The number of allylic oxidation sites excluding steroid dienone is 1. The van der Waals surface area contributed by atoms with Crippen LogP contribution in [0.4, 0.5) is 4.39 Å². The molecule has 0 aromatic heterocycles. The van der Waals surface area contributed by atoms with Gasteiger partial charge in [-0.2, -0.15) is 0 Å². The fourth-order valence-electron chi connectivity index (χ4n) is 1.42. The molecule has 0 radical (unpaired) electrons. The quantitative estimate of drug-likeness (QED) is 0.530. The number of benzene rings is 1. The zero-order chi connectivity index (χ0) is 11.6. The van der Waals surface area contributed by atoms with Gasteiger partial charge in [0, 0.05) is 0 Å². The summed E-state index contributed by atoms with van der Waals surface area (Å²) in [6, 6.07) is 6.89. The van der Waals surface area contributed by atoms with Crippen molar-refractivity contribution in [3.8, 4) is 0 Å². The molecule has 16 heavy (non-hydrogen) atoms. The summed E-state index contributed by atoms with van der Waals surface area (Å²) in [4.78, 5) is 2.20. The van der Waals surface area contributed by atoms with Crippen LogP contribution in [-0.2, 0) is 0 Å². The summed E-state index contributed by atoms with van der Waals surface area (Å²) in [6.45, 7) is 2.23. The topological polar surface area (TPSA) is 0 Å². The van der Waals surface area contributed by atoms with Crippen LogP contribution in [0.1, 0.15) is 39.0 Å². The minimum absolute atomic E-state index is 0.129. The van der Waals surface area contributed by atoms with Gasteiger partial charge in [-0.1, -0.05) is 0 Å². The minimum atomic E-state index is -0.129. The first-order valence-corrected chi connectivity index (χ1v) is 7.74. The third kappa shape index (κ3) is 6.09. The summed E-state index contributed by atoms with van der Waals surface area (Å²) in [5.41, 5.74) is 0. The van der Waals surface area contributed by atoms with Gasteiger partial charge in [0.15, 0.2) is 0 Å². The van der Waals surface area contributed by atoms with Crippen LogP contribution in [0.5, 0.6) is 0 Å². The van der Waals surface area contributed by atoms with Crippen molar-refractivity contribution in [2.24, 2.45) is 0 Å². The second kappa shape index (κ2) is 8.55. The molecule has 1 rings (SSSR count). The summed E-state index contributed by atoms with van der Waals surface area (Å²) in [7, 11) is 0. The Balaban J connectivity index is 2.16. The van der Waals surface area contributed by atoms with Crippen molar-refractivity contribution in [2.75, 3.05) is 0 Å². The Labute approximate surface area is 104 Å². The second-order valence-corrected chi connectivity index (χ2v) is 5.85. The number of halogens is 1. The van der Waals surface area contributed by atoms with Gasteiger partial charge in [-0.25, -0.2) is 0 Å². The van der Waals surface area contributed by atoms with Crippen LogP contribution >= 0.6 is 0 Å². The summed E-state index contributed by atoms with van der Waals surface area (Å²) in [5.74, 6) is -0.129. The molecule has 0 saturated carbocycles. The molecule has 2 heteroatoms. The van der Waals surface area contributed by atoms with Crippen LogP contribution in [0.2, 0.25) is 0 Å². The summed E-state index contributed by atoms with van der Waals surface area (Å²) in [6.07, 6.45) is 8.63. The van der Waals surface area contributed by atoms with Crippen molar-refractivity contribution in [3.05, 3.63) is 41.1 Å². The Hall–Kier alpha value is -0.591. The molecule has 1 aromatic rings. The second-order valence-electron chi connectivity index (χ2n) is 3.80. The van der Waals surface area contributed by atoms with E-state index in [-0.39, 0.29) is 20.8 Å². The molecule has 0 aliphatic carbocycles. The first-order valence-electron chi connectivity index (χ1n) is 5.90. The fraction of sp³-hybridized carbons (Fsp3) is 0.429. The average molecular weight is 285 g/mol. The van der Waals surface area contributed by atoms with Crippen molar-refractivity contribution < 1.29 is 4.39 Å². The van der Waals surface area contributed by atoms with E-state index in [1.54, 1.807) is 12.1 Å². The third-order valence-electron chi connectivity index (χ3n) is 2.32. The molecule has 0 amide bonds. The van der Waals surface area contributed by atoms with Gasteiger partial charge in [-0.3, -0.25) is 0 Å². The Morgan fingerprint density at radius 3 is 2.88 bits per heavy atom. The normalized spacial score (nSPS) is 11.1. The van der Waals surface area contributed by atoms with Crippen LogP contribution in [0.25, 0.3) is 0 Å². The molecule has 0 N–H and O–H groups in total. The van der Waals surface area contributed by atoms with Crippen molar-refractivity contribution in [3.63, 3.8) is 0 Å². The van der Waals surface area contributed by atoms with E-state index < -0.39 is 0 Å². The van der Waals surface area contributed by atoms with Crippen LogP contribution in [0.15, 0.2) is 35.3 Å². The van der Waals surface area contributed by atoms with Crippen molar-refractivity contribution in [2.45, 2.75) is 39.0 Å². The molecule has 0 heterocycles. The Morgan fingerprint density at radius 2 is 2.12 bits per heavy atom. The van der Waals surface area contributed by atoms with Gasteiger partial charge in [0.1, 0.15) is 0 Å². The molecule has 0 saturated heterocycles. The monoisotopic (exact) mass is 286 g/mol. The maximum atomic E-state index is 12.9. The predicted molar refractivity (Wildman–Crippen MR) is 69.7 cm³/mol. The molecule has 0 fully saturated rings. The summed E-state index contributed by atoms with van der Waals surface area (Å²) < 4.78 is 14.0. The van der Waals surface area contributed by atoms with Gasteiger partial charge in [0.2, 0.25) is 0 Å². The van der Waals surface area contributed by atoms with E-state index in [0.29, 0.717) is 0 Å². The van der Waals surface area contributed by atoms with Crippen molar-refractivity contribution >= 4 is 19.4 Å². The van der Waals surface area contributed by atoms with Gasteiger partial charge in [0.25, 0.3) is 0 Å². The maximum absolute atomic E-state index is 12.9. The van der Waals surface area contributed by atoms with Gasteiger partial charge in [-0.15, -0.1) is 0 Å². The Kier molecular flexibility index (Phi) is 7.20. The van der Waals surface area contributed by atoms with Crippen LogP contribution in [0, 0.1) is 5.82 Å². The molecule has 0 nitrogen and oxygen atoms in total. The van der Waals surface area contributed by atoms with Gasteiger partial charge >= 0.3 is 104 Å². The molecule has 0 bridgehead atoms. The predicted octanol–water partition coefficient (Wildman–Crippen LogP) is 3.64. The zero-order valence-electron chi connectivity index (χ0n) is 9.79. The van der Waals surface area contributed by atoms with Gasteiger partial charge in [-0.05, 0) is 0 Å². The molecular weight excluding hydrogens is 266 g/mol. The van der Waals surface area contributed by atoms with Crippen molar-refractivity contribution in [1.82, 2.24) is 0 Å². The number of unbranched alkanes of at least 4 members (excludes halogenated alkanes) is 4. The molecule has 0 atom stereocenters. The van der Waals surface area contributed by atoms with E-state index >= 15 is 0 Å². The molecule has 0 spiro atoms.